The molecule has 0 amide bonds. The molecular weight excluding hydrogens is 343 g/mol. The molecule has 0 rings (SSSR count). The van der Waals surface area contributed by atoms with Crippen molar-refractivity contribution in [3.63, 3.8) is 0 Å². The summed E-state index contributed by atoms with van der Waals surface area (Å²) < 4.78 is 0.636. The summed E-state index contributed by atoms with van der Waals surface area (Å²) in [4.78, 5) is 23.4. The summed E-state index contributed by atoms with van der Waals surface area (Å²) in [6.07, 6.45) is 13.2. The van der Waals surface area contributed by atoms with Crippen LogP contribution >= 0.6 is 0 Å². The van der Waals surface area contributed by atoms with Crippen molar-refractivity contribution in [2.45, 2.75) is 90.9 Å². The van der Waals surface area contributed by atoms with E-state index in [9.17, 15) is 9.59 Å². The maximum absolute atomic E-state index is 11.7. The molecular formula is C16H30O2Sn. The van der Waals surface area contributed by atoms with Crippen LogP contribution in [-0.2, 0) is 9.59 Å². The molecule has 0 saturated heterocycles. The van der Waals surface area contributed by atoms with Gasteiger partial charge < -0.3 is 0 Å². The second-order valence-corrected chi connectivity index (χ2v) is 9.20. The average molecular weight is 373 g/mol. The Morgan fingerprint density at radius 1 is 0.632 bits per heavy atom. The molecule has 0 aromatic carbocycles. The van der Waals surface area contributed by atoms with Crippen LogP contribution in [0.4, 0.5) is 0 Å². The molecule has 3 heteroatoms. The zero-order valence-corrected chi connectivity index (χ0v) is 15.7. The molecule has 2 radical (unpaired) electrons. The van der Waals surface area contributed by atoms with Gasteiger partial charge in [-0.1, -0.05) is 0 Å². The zero-order chi connectivity index (χ0) is 14.3. The first kappa shape index (κ1) is 19.1. The summed E-state index contributed by atoms with van der Waals surface area (Å²) in [5, 5.41) is 0. The van der Waals surface area contributed by atoms with Crippen molar-refractivity contribution in [1.82, 2.24) is 0 Å². The summed E-state index contributed by atoms with van der Waals surface area (Å²) in [5.74, 6) is 0. The second kappa shape index (κ2) is 14.5. The Labute approximate surface area is 129 Å². The Kier molecular flexibility index (Phi) is 14.7. The van der Waals surface area contributed by atoms with E-state index >= 15 is 0 Å². The molecule has 19 heavy (non-hydrogen) atoms. The van der Waals surface area contributed by atoms with E-state index in [0.29, 0.717) is 20.4 Å². The molecule has 0 saturated carbocycles. The quantitative estimate of drug-likeness (QED) is 0.333. The fraction of sp³-hybridized carbons (Fsp3) is 0.875. The van der Waals surface area contributed by atoms with E-state index in [1.807, 2.05) is 0 Å². The van der Waals surface area contributed by atoms with Gasteiger partial charge in [0.2, 0.25) is 0 Å². The molecule has 0 atom stereocenters. The van der Waals surface area contributed by atoms with Crippen LogP contribution in [0.15, 0.2) is 0 Å². The second-order valence-electron chi connectivity index (χ2n) is 5.30. The molecule has 0 aromatic heterocycles. The van der Waals surface area contributed by atoms with Gasteiger partial charge in [-0.25, -0.2) is 0 Å². The zero-order valence-electron chi connectivity index (χ0n) is 12.8. The van der Waals surface area contributed by atoms with Crippen LogP contribution < -0.4 is 0 Å². The first-order valence-electron chi connectivity index (χ1n) is 8.03. The third kappa shape index (κ3) is 14.4. The van der Waals surface area contributed by atoms with Crippen LogP contribution in [-0.4, -0.2) is 28.7 Å². The van der Waals surface area contributed by atoms with Crippen molar-refractivity contribution in [3.8, 4) is 0 Å². The van der Waals surface area contributed by atoms with Gasteiger partial charge in [0.1, 0.15) is 0 Å². The Morgan fingerprint density at radius 3 is 1.37 bits per heavy atom. The molecule has 0 aromatic rings. The average Bonchev–Trinajstić information content (AvgIpc) is 2.38. The van der Waals surface area contributed by atoms with Crippen molar-refractivity contribution >= 4 is 28.7 Å². The van der Waals surface area contributed by atoms with Gasteiger partial charge in [-0.2, -0.15) is 0 Å². The van der Waals surface area contributed by atoms with Crippen molar-refractivity contribution in [2.24, 2.45) is 0 Å². The third-order valence-electron chi connectivity index (χ3n) is 3.29. The van der Waals surface area contributed by atoms with E-state index in [-0.39, 0.29) is 0 Å². The number of carbonyl (C=O) groups is 2. The van der Waals surface area contributed by atoms with Gasteiger partial charge in [-0.3, -0.25) is 0 Å². The van der Waals surface area contributed by atoms with E-state index in [4.69, 9.17) is 0 Å². The van der Waals surface area contributed by atoms with Crippen LogP contribution in [0.5, 0.6) is 0 Å². The van der Waals surface area contributed by atoms with Crippen molar-refractivity contribution in [3.05, 3.63) is 0 Å². The number of hydrogen-bond acceptors (Lipinski definition) is 2. The molecule has 0 aliphatic heterocycles. The third-order valence-corrected chi connectivity index (χ3v) is 6.31. The summed E-state index contributed by atoms with van der Waals surface area (Å²) in [6, 6.07) is 0. The van der Waals surface area contributed by atoms with Gasteiger partial charge in [0, 0.05) is 0 Å². The summed E-state index contributed by atoms with van der Waals surface area (Å²) in [5.41, 5.74) is 0. The first-order valence-corrected chi connectivity index (χ1v) is 10.9. The van der Waals surface area contributed by atoms with Gasteiger partial charge >= 0.3 is 129 Å². The standard InChI is InChI=1S/2C8H15O.Sn/c2*1-2-3-4-5-6-7-8-9;/h2*2-7H2,1H3;. The van der Waals surface area contributed by atoms with Crippen LogP contribution in [0, 0.1) is 0 Å². The van der Waals surface area contributed by atoms with Crippen LogP contribution in [0.25, 0.3) is 0 Å². The minimum absolute atomic E-state index is 0.318. The number of unbranched alkanes of at least 4 members (excludes halogenated alkanes) is 8. The Hall–Kier alpha value is 0.139. The molecule has 0 aliphatic carbocycles. The summed E-state index contributed by atoms with van der Waals surface area (Å²) in [7, 11) is 0. The predicted octanol–water partition coefficient (Wildman–Crippen LogP) is 4.46. The Balaban J connectivity index is 3.40. The van der Waals surface area contributed by atoms with E-state index in [1.165, 1.54) is 38.5 Å². The van der Waals surface area contributed by atoms with Gasteiger partial charge in [0.25, 0.3) is 0 Å². The topological polar surface area (TPSA) is 34.1 Å². The molecule has 0 aliphatic rings. The van der Waals surface area contributed by atoms with Crippen LogP contribution in [0.2, 0.25) is 0 Å². The van der Waals surface area contributed by atoms with E-state index in [0.717, 1.165) is 25.7 Å². The van der Waals surface area contributed by atoms with Crippen molar-refractivity contribution in [2.75, 3.05) is 0 Å². The molecule has 0 bridgehead atoms. The molecule has 110 valence electrons. The van der Waals surface area contributed by atoms with Gasteiger partial charge in [0.15, 0.2) is 0 Å². The Morgan fingerprint density at radius 2 is 1.00 bits per heavy atom. The van der Waals surface area contributed by atoms with E-state index in [1.54, 1.807) is 0 Å². The first-order chi connectivity index (χ1) is 9.20. The van der Waals surface area contributed by atoms with E-state index < -0.39 is 21.1 Å². The van der Waals surface area contributed by atoms with Crippen molar-refractivity contribution < 1.29 is 9.59 Å². The molecule has 0 heterocycles. The number of carbonyl (C=O) groups excluding carboxylic acids is 2. The van der Waals surface area contributed by atoms with Crippen molar-refractivity contribution in [1.29, 1.82) is 0 Å². The van der Waals surface area contributed by atoms with Gasteiger partial charge in [0.05, 0.1) is 0 Å². The maximum atomic E-state index is 11.7. The summed E-state index contributed by atoms with van der Waals surface area (Å²) in [6.45, 7) is 4.39. The Bertz CT molecular complexity index is 215. The monoisotopic (exact) mass is 374 g/mol. The molecule has 0 unspecified atom stereocenters. The number of hydrogen-bond donors (Lipinski definition) is 0. The summed E-state index contributed by atoms with van der Waals surface area (Å²) >= 11 is -1.38. The SMILES string of the molecule is CCCCCCC[C](=O)[Sn][C](=O)CCCCCCC. The minimum atomic E-state index is -1.38. The predicted molar refractivity (Wildman–Crippen MR) is 82.5 cm³/mol. The fourth-order valence-electron chi connectivity index (χ4n) is 2.06. The van der Waals surface area contributed by atoms with E-state index in [2.05, 4.69) is 13.8 Å². The molecule has 0 N–H and O–H groups in total. The van der Waals surface area contributed by atoms with Crippen LogP contribution in [0.3, 0.4) is 0 Å². The molecule has 0 fully saturated rings. The number of rotatable bonds is 14. The normalized spacial score (nSPS) is 10.6. The van der Waals surface area contributed by atoms with Crippen LogP contribution in [0.1, 0.15) is 90.9 Å². The van der Waals surface area contributed by atoms with Gasteiger partial charge in [-0.05, 0) is 0 Å². The fourth-order valence-corrected chi connectivity index (χ4v) is 4.67. The molecule has 0 spiro atoms. The van der Waals surface area contributed by atoms with Gasteiger partial charge in [-0.15, -0.1) is 0 Å². The molecule has 2 nitrogen and oxygen atoms in total.